The molecule has 0 unspecified atom stereocenters. The van der Waals surface area contributed by atoms with E-state index in [2.05, 4.69) is 22.2 Å². The van der Waals surface area contributed by atoms with E-state index in [-0.39, 0.29) is 0 Å². The number of anilines is 2. The third kappa shape index (κ3) is 2.57. The summed E-state index contributed by atoms with van der Waals surface area (Å²) in [5.74, 6) is 0.841. The first-order chi connectivity index (χ1) is 9.26. The number of hydrogen-bond acceptors (Lipinski definition) is 5. The Morgan fingerprint density at radius 3 is 3.05 bits per heavy atom. The lowest BCUT2D eigenvalue weighted by atomic mass is 10.2. The molecule has 0 bridgehead atoms. The Kier molecular flexibility index (Phi) is 3.40. The molecule has 3 rings (SSSR count). The summed E-state index contributed by atoms with van der Waals surface area (Å²) in [6, 6.07) is 7.91. The zero-order chi connectivity index (χ0) is 13.2. The molecule has 0 atom stereocenters. The predicted octanol–water partition coefficient (Wildman–Crippen LogP) is 2.88. The summed E-state index contributed by atoms with van der Waals surface area (Å²) >= 11 is 1.75. The smallest absolute Gasteiger partial charge is 0.187 e. The van der Waals surface area contributed by atoms with Gasteiger partial charge in [0.1, 0.15) is 5.75 Å². The van der Waals surface area contributed by atoms with Crippen molar-refractivity contribution in [1.29, 1.82) is 0 Å². The average molecular weight is 275 g/mol. The summed E-state index contributed by atoms with van der Waals surface area (Å²) in [4.78, 5) is 8.38. The lowest BCUT2D eigenvalue weighted by Crippen LogP contribution is -2.25. The molecule has 0 aliphatic carbocycles. The Labute approximate surface area is 117 Å². The molecule has 0 spiro atoms. The highest BCUT2D eigenvalue weighted by molar-refractivity contribution is 7.15. The SMILES string of the molecule is COc1ccccc1Nc1nc2c(s1)CCN(C)C2. The summed E-state index contributed by atoms with van der Waals surface area (Å²) in [6.45, 7) is 2.06. The van der Waals surface area contributed by atoms with Crippen LogP contribution in [-0.2, 0) is 13.0 Å². The molecule has 0 radical (unpaired) electrons. The molecule has 100 valence electrons. The fourth-order valence-corrected chi connectivity index (χ4v) is 3.22. The van der Waals surface area contributed by atoms with E-state index in [1.54, 1.807) is 18.4 Å². The Balaban J connectivity index is 1.84. The van der Waals surface area contributed by atoms with Gasteiger partial charge in [0.25, 0.3) is 0 Å². The molecule has 0 saturated carbocycles. The fourth-order valence-electron chi connectivity index (χ4n) is 2.25. The minimum Gasteiger partial charge on any atom is -0.495 e. The molecule has 19 heavy (non-hydrogen) atoms. The van der Waals surface area contributed by atoms with Crippen molar-refractivity contribution < 1.29 is 4.74 Å². The highest BCUT2D eigenvalue weighted by Crippen LogP contribution is 2.32. The topological polar surface area (TPSA) is 37.4 Å². The molecule has 1 aromatic carbocycles. The van der Waals surface area contributed by atoms with Crippen LogP contribution in [0.5, 0.6) is 5.75 Å². The van der Waals surface area contributed by atoms with Crippen molar-refractivity contribution in [2.45, 2.75) is 13.0 Å². The largest absolute Gasteiger partial charge is 0.495 e. The van der Waals surface area contributed by atoms with Gasteiger partial charge in [-0.3, -0.25) is 0 Å². The van der Waals surface area contributed by atoms with Gasteiger partial charge < -0.3 is 15.0 Å². The highest BCUT2D eigenvalue weighted by atomic mass is 32.1. The van der Waals surface area contributed by atoms with Crippen LogP contribution in [0.25, 0.3) is 0 Å². The fraction of sp³-hybridized carbons (Fsp3) is 0.357. The summed E-state index contributed by atoms with van der Waals surface area (Å²) in [6.07, 6.45) is 1.09. The maximum absolute atomic E-state index is 5.34. The second-order valence-electron chi connectivity index (χ2n) is 4.70. The standard InChI is InChI=1S/C14H17N3OS/c1-17-8-7-13-11(9-17)16-14(19-13)15-10-5-3-4-6-12(10)18-2/h3-6H,7-9H2,1-2H3,(H,15,16). The predicted molar refractivity (Wildman–Crippen MR) is 78.4 cm³/mol. The van der Waals surface area contributed by atoms with Crippen LogP contribution in [0.15, 0.2) is 24.3 Å². The van der Waals surface area contributed by atoms with Gasteiger partial charge in [-0.25, -0.2) is 4.98 Å². The van der Waals surface area contributed by atoms with Gasteiger partial charge in [-0.15, -0.1) is 11.3 Å². The zero-order valence-electron chi connectivity index (χ0n) is 11.1. The van der Waals surface area contributed by atoms with Crippen LogP contribution in [0.1, 0.15) is 10.6 Å². The van der Waals surface area contributed by atoms with E-state index in [1.807, 2.05) is 24.3 Å². The Morgan fingerprint density at radius 1 is 1.37 bits per heavy atom. The summed E-state index contributed by atoms with van der Waals surface area (Å²) < 4.78 is 5.34. The Bertz CT molecular complexity index is 582. The molecule has 0 amide bonds. The van der Waals surface area contributed by atoms with Gasteiger partial charge >= 0.3 is 0 Å². The molecule has 2 heterocycles. The maximum atomic E-state index is 5.34. The van der Waals surface area contributed by atoms with Crippen LogP contribution in [-0.4, -0.2) is 30.6 Å². The van der Waals surface area contributed by atoms with Gasteiger partial charge in [-0.05, 0) is 25.6 Å². The number of likely N-dealkylation sites (N-methyl/N-ethyl adjacent to an activating group) is 1. The quantitative estimate of drug-likeness (QED) is 0.934. The van der Waals surface area contributed by atoms with Crippen molar-refractivity contribution in [2.75, 3.05) is 26.0 Å². The maximum Gasteiger partial charge on any atom is 0.187 e. The molecular formula is C14H17N3OS. The molecule has 1 aliphatic rings. The number of rotatable bonds is 3. The molecule has 4 nitrogen and oxygen atoms in total. The van der Waals surface area contributed by atoms with E-state index in [0.29, 0.717) is 0 Å². The number of aromatic nitrogens is 1. The number of ether oxygens (including phenoxy) is 1. The van der Waals surface area contributed by atoms with Crippen LogP contribution >= 0.6 is 11.3 Å². The normalized spacial score (nSPS) is 15.1. The van der Waals surface area contributed by atoms with E-state index in [0.717, 1.165) is 36.1 Å². The number of fused-ring (bicyclic) bond motifs is 1. The molecule has 1 aromatic heterocycles. The number of nitrogens with zero attached hydrogens (tertiary/aromatic N) is 2. The summed E-state index contributed by atoms with van der Waals surface area (Å²) in [7, 11) is 3.82. The van der Waals surface area contributed by atoms with Crippen molar-refractivity contribution in [3.05, 3.63) is 34.8 Å². The summed E-state index contributed by atoms with van der Waals surface area (Å²) in [5, 5.41) is 4.31. The van der Waals surface area contributed by atoms with Gasteiger partial charge in [-0.2, -0.15) is 0 Å². The number of thiazole rings is 1. The first-order valence-corrected chi connectivity index (χ1v) is 7.15. The van der Waals surface area contributed by atoms with Crippen LogP contribution in [0.3, 0.4) is 0 Å². The minimum absolute atomic E-state index is 0.841. The van der Waals surface area contributed by atoms with Crippen molar-refractivity contribution in [3.63, 3.8) is 0 Å². The molecule has 0 saturated heterocycles. The molecular weight excluding hydrogens is 258 g/mol. The highest BCUT2D eigenvalue weighted by Gasteiger charge is 2.18. The average Bonchev–Trinajstić information content (AvgIpc) is 2.80. The van der Waals surface area contributed by atoms with Crippen LogP contribution in [0.4, 0.5) is 10.8 Å². The molecule has 1 aliphatic heterocycles. The number of methoxy groups -OCH3 is 1. The van der Waals surface area contributed by atoms with E-state index in [4.69, 9.17) is 4.74 Å². The number of hydrogen-bond donors (Lipinski definition) is 1. The van der Waals surface area contributed by atoms with Gasteiger partial charge in [0.2, 0.25) is 0 Å². The second-order valence-corrected chi connectivity index (χ2v) is 5.79. The van der Waals surface area contributed by atoms with Gasteiger partial charge in [-0.1, -0.05) is 12.1 Å². The lowest BCUT2D eigenvalue weighted by molar-refractivity contribution is 0.311. The van der Waals surface area contributed by atoms with Crippen molar-refractivity contribution in [2.24, 2.45) is 0 Å². The second kappa shape index (κ2) is 5.19. The van der Waals surface area contributed by atoms with Gasteiger partial charge in [0, 0.05) is 18.0 Å². The molecule has 1 N–H and O–H groups in total. The first-order valence-electron chi connectivity index (χ1n) is 6.33. The van der Waals surface area contributed by atoms with E-state index >= 15 is 0 Å². The third-order valence-electron chi connectivity index (χ3n) is 3.27. The van der Waals surface area contributed by atoms with E-state index in [1.165, 1.54) is 10.6 Å². The first kappa shape index (κ1) is 12.4. The molecule has 2 aromatic rings. The molecule has 0 fully saturated rings. The van der Waals surface area contributed by atoms with Crippen LogP contribution < -0.4 is 10.1 Å². The monoisotopic (exact) mass is 275 g/mol. The van der Waals surface area contributed by atoms with Crippen molar-refractivity contribution >= 4 is 22.2 Å². The number of nitrogens with one attached hydrogen (secondary N) is 1. The van der Waals surface area contributed by atoms with Crippen molar-refractivity contribution in [3.8, 4) is 5.75 Å². The Morgan fingerprint density at radius 2 is 2.21 bits per heavy atom. The van der Waals surface area contributed by atoms with Gasteiger partial charge in [0.05, 0.1) is 18.5 Å². The van der Waals surface area contributed by atoms with Crippen LogP contribution in [0.2, 0.25) is 0 Å². The lowest BCUT2D eigenvalue weighted by Gasteiger charge is -2.20. The van der Waals surface area contributed by atoms with E-state index < -0.39 is 0 Å². The molecule has 5 heteroatoms. The van der Waals surface area contributed by atoms with Crippen LogP contribution in [0, 0.1) is 0 Å². The Hall–Kier alpha value is -1.59. The zero-order valence-corrected chi connectivity index (χ0v) is 12.0. The number of para-hydroxylation sites is 2. The minimum atomic E-state index is 0.841. The summed E-state index contributed by atoms with van der Waals surface area (Å²) in [5.41, 5.74) is 2.17. The number of benzene rings is 1. The van der Waals surface area contributed by atoms with E-state index in [9.17, 15) is 0 Å². The van der Waals surface area contributed by atoms with Gasteiger partial charge in [0.15, 0.2) is 5.13 Å². The van der Waals surface area contributed by atoms with Crippen molar-refractivity contribution in [1.82, 2.24) is 9.88 Å². The third-order valence-corrected chi connectivity index (χ3v) is 4.34.